The molecule has 3 aliphatic heterocycles. The van der Waals surface area contributed by atoms with Crippen LogP contribution in [0, 0.1) is 5.41 Å². The topological polar surface area (TPSA) is 107 Å². The van der Waals surface area contributed by atoms with Gasteiger partial charge in [0.25, 0.3) is 0 Å². The van der Waals surface area contributed by atoms with Gasteiger partial charge in [0.15, 0.2) is 5.60 Å². The number of benzene rings is 1. The average molecular weight is 409 g/mol. The van der Waals surface area contributed by atoms with E-state index in [9.17, 15) is 0 Å². The summed E-state index contributed by atoms with van der Waals surface area (Å²) >= 11 is 0. The largest absolute Gasteiger partial charge is 0.482 e. The number of hydrogen-bond donors (Lipinski definition) is 2. The summed E-state index contributed by atoms with van der Waals surface area (Å²) in [6, 6.07) is 7.32. The molecule has 158 valence electrons. The van der Waals surface area contributed by atoms with E-state index in [4.69, 9.17) is 25.4 Å². The Labute approximate surface area is 175 Å². The lowest BCUT2D eigenvalue weighted by atomic mass is 9.98. The standard InChI is InChI=1S/C22H27N5O3/c1-2-22(11-28-12-22)30-14-5-6-18(23)17(7-14)21(24)19-8-20(26-13-25-19)27-9-15-3-4-16(10-27)29-15/h5-8,13,15-16,24H,2-4,9-12,23H2,1H3. The molecule has 3 aliphatic rings. The predicted molar refractivity (Wildman–Crippen MR) is 113 cm³/mol. The van der Waals surface area contributed by atoms with E-state index >= 15 is 0 Å². The highest BCUT2D eigenvalue weighted by molar-refractivity contribution is 6.13. The molecule has 0 aliphatic carbocycles. The number of rotatable bonds is 6. The minimum absolute atomic E-state index is 0.258. The molecule has 8 heteroatoms. The third-order valence-corrected chi connectivity index (χ3v) is 6.28. The van der Waals surface area contributed by atoms with E-state index in [0.29, 0.717) is 35.9 Å². The van der Waals surface area contributed by atoms with Crippen LogP contribution < -0.4 is 15.4 Å². The van der Waals surface area contributed by atoms with Crippen LogP contribution in [0.15, 0.2) is 30.6 Å². The fourth-order valence-corrected chi connectivity index (χ4v) is 4.33. The zero-order chi connectivity index (χ0) is 20.7. The Kier molecular flexibility index (Phi) is 4.83. The minimum Gasteiger partial charge on any atom is -0.482 e. The smallest absolute Gasteiger partial charge is 0.155 e. The summed E-state index contributed by atoms with van der Waals surface area (Å²) in [6.07, 6.45) is 5.12. The predicted octanol–water partition coefficient (Wildman–Crippen LogP) is 2.40. The molecule has 5 rings (SSSR count). The van der Waals surface area contributed by atoms with Gasteiger partial charge < -0.3 is 24.8 Å². The number of nitrogens with two attached hydrogens (primary N) is 1. The van der Waals surface area contributed by atoms with Crippen molar-refractivity contribution in [1.82, 2.24) is 9.97 Å². The molecule has 8 nitrogen and oxygen atoms in total. The summed E-state index contributed by atoms with van der Waals surface area (Å²) in [5.41, 5.74) is 7.84. The second-order valence-corrected chi connectivity index (χ2v) is 8.38. The molecule has 3 saturated heterocycles. The first-order chi connectivity index (χ1) is 14.5. The average Bonchev–Trinajstić information content (AvgIpc) is 3.09. The normalized spacial score (nSPS) is 24.4. The molecule has 0 amide bonds. The van der Waals surface area contributed by atoms with Crippen molar-refractivity contribution in [3.8, 4) is 5.75 Å². The molecule has 30 heavy (non-hydrogen) atoms. The van der Waals surface area contributed by atoms with Crippen LogP contribution in [0.5, 0.6) is 5.75 Å². The number of morpholine rings is 1. The molecular weight excluding hydrogens is 382 g/mol. The molecule has 0 saturated carbocycles. The summed E-state index contributed by atoms with van der Waals surface area (Å²) in [4.78, 5) is 11.0. The van der Waals surface area contributed by atoms with Crippen LogP contribution >= 0.6 is 0 Å². The van der Waals surface area contributed by atoms with Crippen LogP contribution in [0.3, 0.4) is 0 Å². The number of aromatic nitrogens is 2. The minimum atomic E-state index is -0.284. The summed E-state index contributed by atoms with van der Waals surface area (Å²) in [6.45, 7) is 4.90. The van der Waals surface area contributed by atoms with Crippen molar-refractivity contribution in [1.29, 1.82) is 5.41 Å². The first kappa shape index (κ1) is 19.3. The maximum absolute atomic E-state index is 8.75. The Bertz CT molecular complexity index is 944. The molecule has 3 N–H and O–H groups in total. The maximum atomic E-state index is 8.75. The van der Waals surface area contributed by atoms with Crippen molar-refractivity contribution >= 4 is 17.2 Å². The Morgan fingerprint density at radius 2 is 2.00 bits per heavy atom. The van der Waals surface area contributed by atoms with Gasteiger partial charge in [0.2, 0.25) is 0 Å². The molecule has 2 aromatic rings. The van der Waals surface area contributed by atoms with E-state index < -0.39 is 0 Å². The van der Waals surface area contributed by atoms with Gasteiger partial charge in [-0.3, -0.25) is 5.41 Å². The van der Waals surface area contributed by atoms with Crippen LogP contribution in [0.25, 0.3) is 0 Å². The highest BCUT2D eigenvalue weighted by Gasteiger charge is 2.39. The van der Waals surface area contributed by atoms with Gasteiger partial charge in [-0.25, -0.2) is 9.97 Å². The number of nitrogens with one attached hydrogen (secondary N) is 1. The molecule has 0 radical (unpaired) electrons. The van der Waals surface area contributed by atoms with Crippen LogP contribution in [0.2, 0.25) is 0 Å². The third kappa shape index (κ3) is 3.50. The number of anilines is 2. The van der Waals surface area contributed by atoms with Crippen LogP contribution in [0.4, 0.5) is 11.5 Å². The quantitative estimate of drug-likeness (QED) is 0.557. The van der Waals surface area contributed by atoms with Gasteiger partial charge in [0, 0.05) is 30.4 Å². The van der Waals surface area contributed by atoms with E-state index in [1.54, 1.807) is 6.07 Å². The van der Waals surface area contributed by atoms with E-state index in [0.717, 1.165) is 38.2 Å². The summed E-state index contributed by atoms with van der Waals surface area (Å²) in [5.74, 6) is 1.51. The maximum Gasteiger partial charge on any atom is 0.155 e. The first-order valence-electron chi connectivity index (χ1n) is 10.5. The molecule has 0 spiro atoms. The second kappa shape index (κ2) is 7.52. The van der Waals surface area contributed by atoms with Gasteiger partial charge in [0.05, 0.1) is 36.8 Å². The monoisotopic (exact) mass is 409 g/mol. The number of fused-ring (bicyclic) bond motifs is 2. The molecule has 2 bridgehead atoms. The Morgan fingerprint density at radius 3 is 2.67 bits per heavy atom. The van der Waals surface area contributed by atoms with E-state index in [2.05, 4.69) is 21.8 Å². The van der Waals surface area contributed by atoms with E-state index in [-0.39, 0.29) is 23.5 Å². The second-order valence-electron chi connectivity index (χ2n) is 8.38. The lowest BCUT2D eigenvalue weighted by Gasteiger charge is -2.40. The zero-order valence-electron chi connectivity index (χ0n) is 17.1. The molecule has 2 atom stereocenters. The van der Waals surface area contributed by atoms with Gasteiger partial charge in [-0.15, -0.1) is 0 Å². The van der Waals surface area contributed by atoms with Gasteiger partial charge in [-0.1, -0.05) is 6.92 Å². The van der Waals surface area contributed by atoms with Crippen molar-refractivity contribution in [3.05, 3.63) is 41.9 Å². The van der Waals surface area contributed by atoms with E-state index in [1.807, 2.05) is 18.2 Å². The Balaban J connectivity index is 1.38. The third-order valence-electron chi connectivity index (χ3n) is 6.28. The lowest BCUT2D eigenvalue weighted by Crippen LogP contribution is -2.53. The van der Waals surface area contributed by atoms with Crippen LogP contribution in [0.1, 0.15) is 37.4 Å². The van der Waals surface area contributed by atoms with Crippen LogP contribution in [-0.4, -0.2) is 59.8 Å². The zero-order valence-corrected chi connectivity index (χ0v) is 17.1. The number of nitrogens with zero attached hydrogens (tertiary/aromatic N) is 3. The van der Waals surface area contributed by atoms with Crippen molar-refractivity contribution in [3.63, 3.8) is 0 Å². The number of hydrogen-bond acceptors (Lipinski definition) is 8. The fourth-order valence-electron chi connectivity index (χ4n) is 4.33. The van der Waals surface area contributed by atoms with Crippen molar-refractivity contribution in [2.75, 3.05) is 36.9 Å². The van der Waals surface area contributed by atoms with Crippen LogP contribution in [-0.2, 0) is 9.47 Å². The van der Waals surface area contributed by atoms with Crippen molar-refractivity contribution in [2.45, 2.75) is 44.0 Å². The Morgan fingerprint density at radius 1 is 1.23 bits per heavy atom. The van der Waals surface area contributed by atoms with Gasteiger partial charge in [-0.05, 0) is 37.5 Å². The highest BCUT2D eigenvalue weighted by Crippen LogP contribution is 2.32. The lowest BCUT2D eigenvalue weighted by molar-refractivity contribution is -0.162. The molecule has 1 aromatic heterocycles. The fraction of sp³-hybridized carbons (Fsp3) is 0.500. The SMILES string of the molecule is CCC1(Oc2ccc(N)c(C(=N)c3cc(N4CC5CCC(C4)O5)ncn3)c2)COC1. The highest BCUT2D eigenvalue weighted by atomic mass is 16.6. The van der Waals surface area contributed by atoms with Gasteiger partial charge >= 0.3 is 0 Å². The molecule has 4 heterocycles. The van der Waals surface area contributed by atoms with E-state index in [1.165, 1.54) is 6.33 Å². The summed E-state index contributed by atoms with van der Waals surface area (Å²) in [5, 5.41) is 8.75. The van der Waals surface area contributed by atoms with Crippen molar-refractivity contribution in [2.24, 2.45) is 0 Å². The van der Waals surface area contributed by atoms with Gasteiger partial charge in [0.1, 0.15) is 17.9 Å². The molecular formula is C22H27N5O3. The Hall–Kier alpha value is -2.71. The summed E-state index contributed by atoms with van der Waals surface area (Å²) < 4.78 is 17.4. The molecule has 1 aromatic carbocycles. The van der Waals surface area contributed by atoms with Crippen molar-refractivity contribution < 1.29 is 14.2 Å². The summed E-state index contributed by atoms with van der Waals surface area (Å²) in [7, 11) is 0. The van der Waals surface area contributed by atoms with Gasteiger partial charge in [-0.2, -0.15) is 0 Å². The first-order valence-corrected chi connectivity index (χ1v) is 10.5. The number of ether oxygens (including phenoxy) is 3. The molecule has 2 unspecified atom stereocenters. The molecule has 3 fully saturated rings. The number of nitrogen functional groups attached to an aromatic ring is 1.